The zero-order valence-corrected chi connectivity index (χ0v) is 13.9. The number of benzene rings is 1. The summed E-state index contributed by atoms with van der Waals surface area (Å²) in [5, 5.41) is 7.39. The number of hydrogen-bond acceptors (Lipinski definition) is 7. The van der Waals surface area contributed by atoms with Crippen molar-refractivity contribution in [2.75, 3.05) is 25.8 Å². The van der Waals surface area contributed by atoms with Gasteiger partial charge in [0.1, 0.15) is 11.3 Å². The summed E-state index contributed by atoms with van der Waals surface area (Å²) >= 11 is 0. The van der Waals surface area contributed by atoms with Crippen LogP contribution in [0.2, 0.25) is 0 Å². The minimum atomic E-state index is 0.455. The first kappa shape index (κ1) is 15.5. The maximum absolute atomic E-state index is 5.40. The highest BCUT2D eigenvalue weighted by Gasteiger charge is 2.16. The van der Waals surface area contributed by atoms with E-state index in [2.05, 4.69) is 44.3 Å². The van der Waals surface area contributed by atoms with E-state index >= 15 is 0 Å². The van der Waals surface area contributed by atoms with Gasteiger partial charge in [-0.25, -0.2) is 15.0 Å². The molecule has 0 saturated carbocycles. The minimum Gasteiger partial charge on any atom is -0.494 e. The van der Waals surface area contributed by atoms with Crippen molar-refractivity contribution >= 4 is 22.8 Å². The zero-order valence-electron chi connectivity index (χ0n) is 13.9. The van der Waals surface area contributed by atoms with Gasteiger partial charge in [-0.15, -0.1) is 0 Å². The first-order valence-electron chi connectivity index (χ1n) is 7.69. The van der Waals surface area contributed by atoms with Crippen molar-refractivity contribution in [3.05, 3.63) is 23.9 Å². The van der Waals surface area contributed by atoms with Crippen LogP contribution in [0.1, 0.15) is 19.5 Å². The molecule has 0 unspecified atom stereocenters. The Labute approximate surface area is 135 Å². The SMILES string of the molecule is COc1cccc2c(C)nc(NC3=NCN(C(C)C)CN3)nc12. The molecule has 0 fully saturated rings. The summed E-state index contributed by atoms with van der Waals surface area (Å²) in [5.74, 6) is 1.94. The average molecular weight is 314 g/mol. The van der Waals surface area contributed by atoms with Crippen molar-refractivity contribution in [3.8, 4) is 5.75 Å². The first-order valence-corrected chi connectivity index (χ1v) is 7.69. The number of nitrogens with zero attached hydrogens (tertiary/aromatic N) is 4. The van der Waals surface area contributed by atoms with Gasteiger partial charge in [-0.1, -0.05) is 12.1 Å². The highest BCUT2D eigenvalue weighted by atomic mass is 16.5. The smallest absolute Gasteiger partial charge is 0.230 e. The summed E-state index contributed by atoms with van der Waals surface area (Å²) in [6.07, 6.45) is 0. The first-order chi connectivity index (χ1) is 11.1. The van der Waals surface area contributed by atoms with Gasteiger partial charge in [0.05, 0.1) is 26.1 Å². The lowest BCUT2D eigenvalue weighted by Crippen LogP contribution is -2.48. The van der Waals surface area contributed by atoms with Gasteiger partial charge in [-0.2, -0.15) is 0 Å². The van der Waals surface area contributed by atoms with Gasteiger partial charge in [0.2, 0.25) is 11.9 Å². The van der Waals surface area contributed by atoms with Crippen LogP contribution in [0.4, 0.5) is 5.95 Å². The van der Waals surface area contributed by atoms with E-state index in [0.717, 1.165) is 29.0 Å². The average Bonchev–Trinajstić information content (AvgIpc) is 2.55. The Hall–Kier alpha value is -2.41. The van der Waals surface area contributed by atoms with E-state index in [9.17, 15) is 0 Å². The van der Waals surface area contributed by atoms with Crippen molar-refractivity contribution < 1.29 is 4.74 Å². The number of rotatable bonds is 3. The molecule has 0 atom stereocenters. The molecule has 3 rings (SSSR count). The van der Waals surface area contributed by atoms with Crippen molar-refractivity contribution in [1.29, 1.82) is 0 Å². The largest absolute Gasteiger partial charge is 0.494 e. The number of anilines is 1. The van der Waals surface area contributed by atoms with Crippen LogP contribution >= 0.6 is 0 Å². The highest BCUT2D eigenvalue weighted by Crippen LogP contribution is 2.26. The van der Waals surface area contributed by atoms with Crippen LogP contribution in [0.25, 0.3) is 10.9 Å². The molecule has 0 amide bonds. The van der Waals surface area contributed by atoms with E-state index < -0.39 is 0 Å². The summed E-state index contributed by atoms with van der Waals surface area (Å²) in [6.45, 7) is 7.67. The van der Waals surface area contributed by atoms with Gasteiger partial charge < -0.3 is 10.1 Å². The Morgan fingerprint density at radius 2 is 2.13 bits per heavy atom. The quantitative estimate of drug-likeness (QED) is 0.902. The summed E-state index contributed by atoms with van der Waals surface area (Å²) in [7, 11) is 1.65. The second kappa shape index (κ2) is 6.37. The number of para-hydroxylation sites is 1. The normalized spacial score (nSPS) is 15.4. The molecule has 0 spiro atoms. The molecule has 7 heteroatoms. The number of fused-ring (bicyclic) bond motifs is 1. The van der Waals surface area contributed by atoms with Crippen molar-refractivity contribution in [3.63, 3.8) is 0 Å². The predicted molar refractivity (Wildman–Crippen MR) is 91.7 cm³/mol. The van der Waals surface area contributed by atoms with E-state index in [1.54, 1.807) is 7.11 Å². The molecule has 122 valence electrons. The van der Waals surface area contributed by atoms with Gasteiger partial charge in [0, 0.05) is 11.4 Å². The van der Waals surface area contributed by atoms with Crippen LogP contribution in [-0.2, 0) is 0 Å². The van der Waals surface area contributed by atoms with Gasteiger partial charge >= 0.3 is 0 Å². The predicted octanol–water partition coefficient (Wildman–Crippen LogP) is 1.94. The molecule has 2 aromatic rings. The standard InChI is InChI=1S/C16H22N6O/c1-10(2)22-8-17-15(18-9-22)21-16-19-11(3)12-6-5-7-13(23-4)14(12)20-16/h5-7,10H,8-9H2,1-4H3,(H2,17,18,19,20,21). The molecule has 1 aromatic heterocycles. The summed E-state index contributed by atoms with van der Waals surface area (Å²) in [6, 6.07) is 6.29. The Morgan fingerprint density at radius 3 is 2.78 bits per heavy atom. The van der Waals surface area contributed by atoms with Crippen LogP contribution < -0.4 is 15.4 Å². The summed E-state index contributed by atoms with van der Waals surface area (Å²) in [5.41, 5.74) is 1.70. The van der Waals surface area contributed by atoms with Gasteiger partial charge in [-0.05, 0) is 26.8 Å². The van der Waals surface area contributed by atoms with Gasteiger partial charge in [0.25, 0.3) is 0 Å². The Bertz CT molecular complexity index is 743. The fourth-order valence-electron chi connectivity index (χ4n) is 2.48. The Morgan fingerprint density at radius 1 is 1.30 bits per heavy atom. The molecule has 1 aromatic carbocycles. The van der Waals surface area contributed by atoms with Gasteiger partial charge in [-0.3, -0.25) is 10.2 Å². The van der Waals surface area contributed by atoms with Crippen LogP contribution in [0.3, 0.4) is 0 Å². The number of aliphatic imine (C=N–C) groups is 1. The molecule has 0 aliphatic carbocycles. The van der Waals surface area contributed by atoms with Crippen LogP contribution in [0.15, 0.2) is 23.2 Å². The molecule has 0 saturated heterocycles. The van der Waals surface area contributed by atoms with Gasteiger partial charge in [0.15, 0.2) is 0 Å². The fourth-order valence-corrected chi connectivity index (χ4v) is 2.48. The van der Waals surface area contributed by atoms with Crippen molar-refractivity contribution in [2.45, 2.75) is 26.8 Å². The lowest BCUT2D eigenvalue weighted by molar-refractivity contribution is 0.214. The molecule has 23 heavy (non-hydrogen) atoms. The molecule has 1 aliphatic rings. The molecule has 0 bridgehead atoms. The number of guanidine groups is 1. The Kier molecular flexibility index (Phi) is 4.29. The lowest BCUT2D eigenvalue weighted by atomic mass is 10.2. The highest BCUT2D eigenvalue weighted by molar-refractivity contribution is 5.94. The second-order valence-corrected chi connectivity index (χ2v) is 5.78. The summed E-state index contributed by atoms with van der Waals surface area (Å²) in [4.78, 5) is 15.8. The number of ether oxygens (including phenoxy) is 1. The number of aromatic nitrogens is 2. The molecule has 1 aliphatic heterocycles. The molecular weight excluding hydrogens is 292 g/mol. The third-order valence-corrected chi connectivity index (χ3v) is 3.92. The number of methoxy groups -OCH3 is 1. The molecule has 7 nitrogen and oxygen atoms in total. The monoisotopic (exact) mass is 314 g/mol. The lowest BCUT2D eigenvalue weighted by Gasteiger charge is -2.29. The topological polar surface area (TPSA) is 74.7 Å². The minimum absolute atomic E-state index is 0.455. The third-order valence-electron chi connectivity index (χ3n) is 3.92. The van der Waals surface area contributed by atoms with Crippen molar-refractivity contribution in [1.82, 2.24) is 20.2 Å². The van der Waals surface area contributed by atoms with Crippen LogP contribution in [0.5, 0.6) is 5.75 Å². The van der Waals surface area contributed by atoms with Crippen LogP contribution in [-0.4, -0.2) is 47.3 Å². The van der Waals surface area contributed by atoms with Crippen LogP contribution in [0, 0.1) is 6.92 Å². The Balaban J connectivity index is 1.87. The number of hydrogen-bond donors (Lipinski definition) is 2. The van der Waals surface area contributed by atoms with Crippen molar-refractivity contribution in [2.24, 2.45) is 4.99 Å². The molecule has 2 heterocycles. The molecule has 0 radical (unpaired) electrons. The zero-order chi connectivity index (χ0) is 16.4. The number of aryl methyl sites for hydroxylation is 1. The molecule has 2 N–H and O–H groups in total. The fraction of sp³-hybridized carbons (Fsp3) is 0.438. The second-order valence-electron chi connectivity index (χ2n) is 5.78. The maximum Gasteiger partial charge on any atom is 0.230 e. The van der Waals surface area contributed by atoms with E-state index in [1.807, 2.05) is 25.1 Å². The third kappa shape index (κ3) is 3.19. The maximum atomic E-state index is 5.40. The van der Waals surface area contributed by atoms with E-state index in [0.29, 0.717) is 24.6 Å². The van der Waals surface area contributed by atoms with E-state index in [4.69, 9.17) is 4.74 Å². The number of nitrogens with one attached hydrogen (secondary N) is 2. The van der Waals surface area contributed by atoms with E-state index in [1.165, 1.54) is 0 Å². The molecular formula is C16H22N6O. The summed E-state index contributed by atoms with van der Waals surface area (Å²) < 4.78 is 5.40. The van der Waals surface area contributed by atoms with E-state index in [-0.39, 0.29) is 0 Å².